The molecule has 0 radical (unpaired) electrons. The summed E-state index contributed by atoms with van der Waals surface area (Å²) in [5.74, 6) is -0.541. The first-order valence-corrected chi connectivity index (χ1v) is 10.4. The highest BCUT2D eigenvalue weighted by Crippen LogP contribution is 2.34. The number of amides is 3. The number of nitrogens with one attached hydrogen (secondary N) is 4. The van der Waals surface area contributed by atoms with Gasteiger partial charge in [0.2, 0.25) is 5.91 Å². The SMILES string of the molecule is CC(=O)Nc1cnc(-c2ccc(F)c(C)c2)c(-c2ccc(NC(=O)NC(C)C)c(C=N)c2)c1. The zero-order valence-corrected chi connectivity index (χ0v) is 18.9. The van der Waals surface area contributed by atoms with Gasteiger partial charge in [0.05, 0.1) is 23.3 Å². The molecule has 3 aromatic rings. The third kappa shape index (κ3) is 5.79. The monoisotopic (exact) mass is 447 g/mol. The van der Waals surface area contributed by atoms with Gasteiger partial charge in [-0.05, 0) is 68.3 Å². The van der Waals surface area contributed by atoms with Crippen molar-refractivity contribution in [3.63, 3.8) is 0 Å². The molecule has 0 saturated carbocycles. The van der Waals surface area contributed by atoms with Crippen LogP contribution in [0.15, 0.2) is 48.7 Å². The second kappa shape index (κ2) is 10.0. The van der Waals surface area contributed by atoms with Gasteiger partial charge in [-0.25, -0.2) is 9.18 Å². The molecule has 0 saturated heterocycles. The van der Waals surface area contributed by atoms with Gasteiger partial charge >= 0.3 is 6.03 Å². The molecule has 0 fully saturated rings. The summed E-state index contributed by atoms with van der Waals surface area (Å²) in [6.45, 7) is 6.80. The van der Waals surface area contributed by atoms with Crippen LogP contribution in [0.1, 0.15) is 31.9 Å². The number of nitrogens with zero attached hydrogens (tertiary/aromatic N) is 1. The zero-order valence-electron chi connectivity index (χ0n) is 18.9. The summed E-state index contributed by atoms with van der Waals surface area (Å²) < 4.78 is 13.8. The molecule has 170 valence electrons. The molecule has 3 rings (SSSR count). The average molecular weight is 448 g/mol. The van der Waals surface area contributed by atoms with E-state index in [1.165, 1.54) is 13.0 Å². The van der Waals surface area contributed by atoms with Crippen LogP contribution < -0.4 is 16.0 Å². The maximum atomic E-state index is 13.8. The number of carbonyl (C=O) groups excluding carboxylic acids is 2. The van der Waals surface area contributed by atoms with E-state index in [4.69, 9.17) is 5.41 Å². The molecule has 2 aromatic carbocycles. The number of hydrogen-bond donors (Lipinski definition) is 4. The van der Waals surface area contributed by atoms with E-state index in [1.54, 1.807) is 49.5 Å². The quantitative estimate of drug-likeness (QED) is 0.383. The van der Waals surface area contributed by atoms with Gasteiger partial charge in [-0.3, -0.25) is 9.78 Å². The van der Waals surface area contributed by atoms with Crippen LogP contribution in [-0.4, -0.2) is 29.2 Å². The summed E-state index contributed by atoms with van der Waals surface area (Å²) in [4.78, 5) is 28.2. The summed E-state index contributed by atoms with van der Waals surface area (Å²) in [5.41, 5.74) is 4.70. The lowest BCUT2D eigenvalue weighted by atomic mass is 9.96. The molecule has 7 nitrogen and oxygen atoms in total. The van der Waals surface area contributed by atoms with Crippen molar-refractivity contribution in [2.45, 2.75) is 33.7 Å². The Bertz CT molecular complexity index is 1220. The van der Waals surface area contributed by atoms with Crippen molar-refractivity contribution in [1.29, 1.82) is 5.41 Å². The molecular formula is C25H26FN5O2. The van der Waals surface area contributed by atoms with E-state index in [9.17, 15) is 14.0 Å². The molecule has 8 heteroatoms. The van der Waals surface area contributed by atoms with Crippen molar-refractivity contribution in [2.24, 2.45) is 0 Å². The van der Waals surface area contributed by atoms with Crippen molar-refractivity contribution in [1.82, 2.24) is 10.3 Å². The number of carbonyl (C=O) groups is 2. The molecule has 0 aliphatic rings. The average Bonchev–Trinajstić information content (AvgIpc) is 2.75. The normalized spacial score (nSPS) is 10.6. The van der Waals surface area contributed by atoms with E-state index in [0.717, 1.165) is 11.8 Å². The number of rotatable bonds is 6. The van der Waals surface area contributed by atoms with Gasteiger partial charge in [-0.1, -0.05) is 6.07 Å². The van der Waals surface area contributed by atoms with E-state index < -0.39 is 0 Å². The summed E-state index contributed by atoms with van der Waals surface area (Å²) in [6.07, 6.45) is 2.70. The second-order valence-electron chi connectivity index (χ2n) is 7.96. The molecule has 0 aliphatic carbocycles. The van der Waals surface area contributed by atoms with E-state index in [1.807, 2.05) is 13.8 Å². The first-order valence-electron chi connectivity index (χ1n) is 10.4. The summed E-state index contributed by atoms with van der Waals surface area (Å²) in [5, 5.41) is 16.1. The lowest BCUT2D eigenvalue weighted by Crippen LogP contribution is -2.34. The number of aromatic nitrogens is 1. The lowest BCUT2D eigenvalue weighted by Gasteiger charge is -2.15. The van der Waals surface area contributed by atoms with Crippen molar-refractivity contribution in [2.75, 3.05) is 10.6 Å². The van der Waals surface area contributed by atoms with Crippen LogP contribution in [0, 0.1) is 18.2 Å². The largest absolute Gasteiger partial charge is 0.336 e. The highest BCUT2D eigenvalue weighted by Gasteiger charge is 2.15. The van der Waals surface area contributed by atoms with Gasteiger partial charge in [-0.2, -0.15) is 0 Å². The van der Waals surface area contributed by atoms with Crippen LogP contribution in [0.3, 0.4) is 0 Å². The Balaban J connectivity index is 2.10. The molecule has 0 spiro atoms. The highest BCUT2D eigenvalue weighted by atomic mass is 19.1. The zero-order chi connectivity index (χ0) is 24.1. The number of halogens is 1. The number of benzene rings is 2. The minimum absolute atomic E-state index is 0.0305. The summed E-state index contributed by atoms with van der Waals surface area (Å²) in [7, 11) is 0. The van der Waals surface area contributed by atoms with Gasteiger partial charge in [-0.15, -0.1) is 0 Å². The first-order chi connectivity index (χ1) is 15.7. The van der Waals surface area contributed by atoms with Crippen LogP contribution in [0.5, 0.6) is 0 Å². The van der Waals surface area contributed by atoms with Crippen LogP contribution in [0.25, 0.3) is 22.4 Å². The van der Waals surface area contributed by atoms with Crippen LogP contribution in [-0.2, 0) is 4.79 Å². The minimum atomic E-state index is -0.363. The maximum Gasteiger partial charge on any atom is 0.319 e. The van der Waals surface area contributed by atoms with Gasteiger partial charge in [0.15, 0.2) is 0 Å². The Morgan fingerprint density at radius 2 is 1.79 bits per heavy atom. The summed E-state index contributed by atoms with van der Waals surface area (Å²) in [6, 6.07) is 11.4. The molecule has 0 bridgehead atoms. The molecule has 0 aliphatic heterocycles. The molecule has 4 N–H and O–H groups in total. The van der Waals surface area contributed by atoms with E-state index in [-0.39, 0.29) is 23.8 Å². The van der Waals surface area contributed by atoms with E-state index in [0.29, 0.717) is 39.3 Å². The molecule has 1 aromatic heterocycles. The number of aryl methyl sites for hydroxylation is 1. The third-order valence-corrected chi connectivity index (χ3v) is 4.83. The molecule has 3 amide bonds. The number of anilines is 2. The number of hydrogen-bond acceptors (Lipinski definition) is 4. The Morgan fingerprint density at radius 1 is 1.06 bits per heavy atom. The Morgan fingerprint density at radius 3 is 2.42 bits per heavy atom. The lowest BCUT2D eigenvalue weighted by molar-refractivity contribution is -0.114. The standard InChI is InChI=1S/C25H26FN5O2/c1-14(2)29-25(33)31-23-8-6-17(10-19(23)12-27)21-11-20(30-16(4)32)13-28-24(21)18-5-7-22(26)15(3)9-18/h5-14,27H,1-4H3,(H,30,32)(H2,29,31,33). The predicted octanol–water partition coefficient (Wildman–Crippen LogP) is 5.35. The Hall–Kier alpha value is -4.07. The van der Waals surface area contributed by atoms with Gasteiger partial charge in [0.1, 0.15) is 5.82 Å². The van der Waals surface area contributed by atoms with Crippen molar-refractivity contribution in [3.8, 4) is 22.4 Å². The first kappa shape index (κ1) is 23.6. The van der Waals surface area contributed by atoms with Crippen molar-refractivity contribution >= 4 is 29.5 Å². The molecule has 33 heavy (non-hydrogen) atoms. The van der Waals surface area contributed by atoms with Crippen LogP contribution >= 0.6 is 0 Å². The topological polar surface area (TPSA) is 107 Å². The van der Waals surface area contributed by atoms with Crippen LogP contribution in [0.2, 0.25) is 0 Å². The fraction of sp³-hybridized carbons (Fsp3) is 0.200. The maximum absolute atomic E-state index is 13.8. The fourth-order valence-electron chi connectivity index (χ4n) is 3.36. The smallest absolute Gasteiger partial charge is 0.319 e. The fourth-order valence-corrected chi connectivity index (χ4v) is 3.36. The Labute approximate surface area is 192 Å². The van der Waals surface area contributed by atoms with Gasteiger partial charge in [0.25, 0.3) is 0 Å². The predicted molar refractivity (Wildman–Crippen MR) is 129 cm³/mol. The molecule has 0 atom stereocenters. The number of urea groups is 1. The summed E-state index contributed by atoms with van der Waals surface area (Å²) >= 11 is 0. The highest BCUT2D eigenvalue weighted by molar-refractivity contribution is 5.98. The number of pyridine rings is 1. The molecular weight excluding hydrogens is 421 g/mol. The molecule has 1 heterocycles. The third-order valence-electron chi connectivity index (χ3n) is 4.83. The van der Waals surface area contributed by atoms with Gasteiger partial charge in [0, 0.05) is 35.9 Å². The molecule has 0 unspecified atom stereocenters. The van der Waals surface area contributed by atoms with E-state index in [2.05, 4.69) is 20.9 Å². The second-order valence-corrected chi connectivity index (χ2v) is 7.96. The Kier molecular flexibility index (Phi) is 7.17. The van der Waals surface area contributed by atoms with Gasteiger partial charge < -0.3 is 21.4 Å². The van der Waals surface area contributed by atoms with Crippen molar-refractivity contribution in [3.05, 3.63) is 65.6 Å². The van der Waals surface area contributed by atoms with Crippen LogP contribution in [0.4, 0.5) is 20.6 Å². The minimum Gasteiger partial charge on any atom is -0.336 e. The van der Waals surface area contributed by atoms with Crippen molar-refractivity contribution < 1.29 is 14.0 Å². The van der Waals surface area contributed by atoms with E-state index >= 15 is 0 Å².